The molecule has 0 radical (unpaired) electrons. The fourth-order valence-corrected chi connectivity index (χ4v) is 11.3. The van der Waals surface area contributed by atoms with E-state index in [1.54, 1.807) is 50.8 Å². The van der Waals surface area contributed by atoms with Gasteiger partial charge in [0.05, 0.1) is 176 Å². The lowest BCUT2D eigenvalue weighted by Crippen LogP contribution is -2.61. The van der Waals surface area contributed by atoms with Gasteiger partial charge in [0.2, 0.25) is 29.9 Å². The predicted molar refractivity (Wildman–Crippen MR) is 419 cm³/mol. The number of hydroxylamine groups is 2. The number of carbonyl (C=O) groups is 8. The van der Waals surface area contributed by atoms with Gasteiger partial charge in [-0.3, -0.25) is 39.1 Å². The average molecular weight is 1650 g/mol. The number of benzene rings is 2. The summed E-state index contributed by atoms with van der Waals surface area (Å²) in [4.78, 5) is 115. The second-order valence-corrected chi connectivity index (χ2v) is 26.8. The number of ether oxygens (including phenoxy) is 15. The van der Waals surface area contributed by atoms with Gasteiger partial charge in [-0.1, -0.05) is 38.2 Å². The molecule has 0 bridgehead atoms. The molecule has 2 aromatic carbocycles. The first-order valence-electron chi connectivity index (χ1n) is 39.8. The molecule has 654 valence electrons. The summed E-state index contributed by atoms with van der Waals surface area (Å²) in [6.07, 6.45) is 1.64. The molecule has 1 aliphatic heterocycles. The lowest BCUT2D eigenvalue weighted by molar-refractivity contribution is -0.271. The van der Waals surface area contributed by atoms with Crippen molar-refractivity contribution < 1.29 is 135 Å². The largest absolute Gasteiger partial charge is 0.479 e. The number of aliphatic hydroxyl groups is 3. The number of methoxy groups -OCH3 is 1. The minimum atomic E-state index is -1.99. The van der Waals surface area contributed by atoms with Gasteiger partial charge in [-0.15, -0.1) is 0 Å². The number of aromatic nitrogens is 1. The van der Waals surface area contributed by atoms with Crippen LogP contribution in [0.25, 0.3) is 0 Å². The summed E-state index contributed by atoms with van der Waals surface area (Å²) in [6, 6.07) is 12.2. The number of carboxylic acid groups (broad SMARTS) is 1. The number of likely N-dealkylation sites (N-methyl/N-ethyl adjacent to an activating group) is 1. The number of hydrogen-bond acceptors (Lipinski definition) is 29. The molecule has 8 amide bonds. The lowest BCUT2D eigenvalue weighted by Gasteiger charge is -2.38. The number of carboxylic acids is 1. The molecule has 5 rings (SSSR count). The van der Waals surface area contributed by atoms with Gasteiger partial charge < -0.3 is 129 Å². The Hall–Kier alpha value is -7.97. The molecule has 38 nitrogen and oxygen atoms in total. The van der Waals surface area contributed by atoms with Gasteiger partial charge in [-0.05, 0) is 87.4 Å². The second kappa shape index (κ2) is 62.3. The van der Waals surface area contributed by atoms with Crippen molar-refractivity contribution in [2.45, 2.75) is 146 Å². The summed E-state index contributed by atoms with van der Waals surface area (Å²) >= 11 is 0. The van der Waals surface area contributed by atoms with Gasteiger partial charge in [0.25, 0.3) is 5.91 Å². The third-order valence-electron chi connectivity index (χ3n) is 17.7. The molecule has 6 atom stereocenters. The SMILES string of the molecule is COCCOCCOCCOCCOCCOCCOCCOCCOCCOCCOCCOCCC(=O)NCCCC[C@H](N)C(=O)NCCC(=O)Nc1cc(O[C@@H]2O[C@H](C(=O)O)[C@@H](O)[C@H](O)[C@H]2O)ccc1COC(=O)Nc1cccc(C(=O)N(C)CCON(C(=O)CCCCCCNC(=O)Nc2ccncc2)C2CCCCC2)c1. The Labute approximate surface area is 677 Å². The van der Waals surface area contributed by atoms with E-state index >= 15 is 0 Å². The molecule has 1 saturated carbocycles. The number of carbonyl (C=O) groups excluding carboxylic acids is 7. The average Bonchev–Trinajstić information content (AvgIpc) is 0.800. The summed E-state index contributed by atoms with van der Waals surface area (Å²) in [5, 5.41) is 58.7. The minimum absolute atomic E-state index is 0.00379. The van der Waals surface area contributed by atoms with Gasteiger partial charge in [0.15, 0.2) is 6.10 Å². The summed E-state index contributed by atoms with van der Waals surface area (Å²) in [7, 11) is 3.22. The minimum Gasteiger partial charge on any atom is -0.479 e. The number of hydrogen-bond donors (Lipinski definition) is 11. The number of aliphatic hydroxyl groups excluding tert-OH is 3. The van der Waals surface area contributed by atoms with Crippen molar-refractivity contribution in [3.63, 3.8) is 0 Å². The molecule has 3 aromatic rings. The van der Waals surface area contributed by atoms with Crippen LogP contribution < -0.4 is 42.4 Å². The van der Waals surface area contributed by atoms with Crippen LogP contribution in [-0.4, -0.2) is 325 Å². The number of urea groups is 1. The normalized spacial score (nSPS) is 16.4. The monoisotopic (exact) mass is 1650 g/mol. The number of nitrogens with two attached hydrogens (primary N) is 1. The third-order valence-corrected chi connectivity index (χ3v) is 17.7. The summed E-state index contributed by atoms with van der Waals surface area (Å²) < 4.78 is 81.7. The zero-order valence-corrected chi connectivity index (χ0v) is 67.0. The number of nitrogens with zero attached hydrogens (tertiary/aromatic N) is 3. The predicted octanol–water partition coefficient (Wildman–Crippen LogP) is 3.32. The van der Waals surface area contributed by atoms with Gasteiger partial charge in [0, 0.05) is 101 Å². The maximum Gasteiger partial charge on any atom is 0.411 e. The molecule has 1 aromatic heterocycles. The quantitative estimate of drug-likeness (QED) is 0.0285. The van der Waals surface area contributed by atoms with Gasteiger partial charge in [0.1, 0.15) is 30.7 Å². The topological polar surface area (TPSA) is 483 Å². The number of nitrogens with one attached hydrogen (secondary N) is 6. The Morgan fingerprint density at radius 1 is 0.543 bits per heavy atom. The maximum absolute atomic E-state index is 13.7. The summed E-state index contributed by atoms with van der Waals surface area (Å²) in [5.41, 5.74) is 7.43. The van der Waals surface area contributed by atoms with E-state index < -0.39 is 73.1 Å². The number of rotatable bonds is 66. The van der Waals surface area contributed by atoms with Crippen LogP contribution in [0.5, 0.6) is 5.75 Å². The van der Waals surface area contributed by atoms with E-state index in [2.05, 4.69) is 36.9 Å². The van der Waals surface area contributed by atoms with Crippen molar-refractivity contribution in [1.29, 1.82) is 0 Å². The van der Waals surface area contributed by atoms with Crippen molar-refractivity contribution in [3.05, 3.63) is 78.1 Å². The maximum atomic E-state index is 13.7. The van der Waals surface area contributed by atoms with E-state index in [1.807, 2.05) is 0 Å². The zero-order valence-electron chi connectivity index (χ0n) is 67.0. The second-order valence-electron chi connectivity index (χ2n) is 26.8. The fraction of sp³-hybridized carbons (Fsp3) is 0.679. The Morgan fingerprint density at radius 2 is 1.09 bits per heavy atom. The Bertz CT molecular complexity index is 3210. The highest BCUT2D eigenvalue weighted by Crippen LogP contribution is 2.30. The van der Waals surface area contributed by atoms with Crippen LogP contribution in [0.3, 0.4) is 0 Å². The summed E-state index contributed by atoms with van der Waals surface area (Å²) in [6.45, 7) is 10.5. The first kappa shape index (κ1) is 98.6. The number of anilines is 3. The Kier molecular flexibility index (Phi) is 52.9. The molecule has 0 unspecified atom stereocenters. The Morgan fingerprint density at radius 3 is 1.67 bits per heavy atom. The Balaban J connectivity index is 0.902. The third kappa shape index (κ3) is 44.0. The highest BCUT2D eigenvalue weighted by molar-refractivity contribution is 5.96. The molecule has 1 aliphatic carbocycles. The van der Waals surface area contributed by atoms with Crippen LogP contribution in [0.1, 0.15) is 112 Å². The van der Waals surface area contributed by atoms with E-state index in [0.29, 0.717) is 183 Å². The van der Waals surface area contributed by atoms with E-state index in [-0.39, 0.29) is 104 Å². The van der Waals surface area contributed by atoms with Gasteiger partial charge >= 0.3 is 18.1 Å². The molecule has 2 heterocycles. The molecule has 12 N–H and O–H groups in total. The summed E-state index contributed by atoms with van der Waals surface area (Å²) in [5.74, 6) is -3.66. The van der Waals surface area contributed by atoms with Crippen LogP contribution in [-0.2, 0) is 102 Å². The van der Waals surface area contributed by atoms with E-state index in [1.165, 1.54) is 40.3 Å². The molecular formula is C78H124N10O28. The van der Waals surface area contributed by atoms with Gasteiger partial charge in [-0.25, -0.2) is 19.4 Å². The molecule has 2 fully saturated rings. The van der Waals surface area contributed by atoms with Crippen molar-refractivity contribution in [2.75, 3.05) is 215 Å². The van der Waals surface area contributed by atoms with Crippen LogP contribution in [0.4, 0.5) is 26.7 Å². The standard InChI is InChI=1S/C78H124N10O28/c1-87(30-32-114-88(62-15-6-5-7-16-62)68(91)18-8-3-4-10-26-83-77(99)84-60-21-27-80-28-22-60)74(96)58-13-12-14-61(55-58)85-78(100)113-57-59-19-20-63(115-76-71(94)69(92)70(93)72(116-76)75(97)98)56-65(59)86-67(90)23-29-82-73(95)64(79)17-9-11-25-81-66(89)24-31-102-35-36-104-39-40-106-43-44-108-47-48-110-51-52-112-54-53-111-50-49-109-46-45-107-42-41-105-38-37-103-34-33-101-2/h12-14,19-22,27-28,55-56,62,64,69-72,76,92-94H,3-11,15-18,23-26,29-54,57,79H2,1-2H3,(H,81,89)(H,82,95)(H,85,100)(H,86,90)(H,97,98)(H2,80,83,84,99)/t64-,69-,70-,71+,72-,76+/m0/s1. The van der Waals surface area contributed by atoms with Crippen molar-refractivity contribution in [3.8, 4) is 5.75 Å². The van der Waals surface area contributed by atoms with E-state index in [4.69, 9.17) is 81.6 Å². The molecule has 116 heavy (non-hydrogen) atoms. The van der Waals surface area contributed by atoms with Crippen molar-refractivity contribution in [2.24, 2.45) is 5.73 Å². The first-order valence-corrected chi connectivity index (χ1v) is 39.8. The first-order chi connectivity index (χ1) is 56.4. The van der Waals surface area contributed by atoms with Crippen molar-refractivity contribution in [1.82, 2.24) is 30.9 Å². The number of amides is 8. The molecule has 0 spiro atoms. The molecule has 2 aliphatic rings. The highest BCUT2D eigenvalue weighted by atomic mass is 16.7. The van der Waals surface area contributed by atoms with Crippen LogP contribution in [0.2, 0.25) is 0 Å². The van der Waals surface area contributed by atoms with Crippen LogP contribution >= 0.6 is 0 Å². The fourth-order valence-electron chi connectivity index (χ4n) is 11.3. The highest BCUT2D eigenvalue weighted by Gasteiger charge is 2.48. The molecule has 1 saturated heterocycles. The lowest BCUT2D eigenvalue weighted by atomic mass is 9.95. The van der Waals surface area contributed by atoms with E-state index in [9.17, 15) is 58.8 Å². The number of aliphatic carboxylic acids is 1. The van der Waals surface area contributed by atoms with E-state index in [0.717, 1.165) is 51.4 Å². The smallest absolute Gasteiger partial charge is 0.411 e. The van der Waals surface area contributed by atoms with Crippen LogP contribution in [0.15, 0.2) is 67.0 Å². The van der Waals surface area contributed by atoms with Crippen molar-refractivity contribution >= 4 is 64.7 Å². The molecular weight excluding hydrogens is 1520 g/mol. The van der Waals surface area contributed by atoms with Crippen LogP contribution in [0, 0.1) is 0 Å². The van der Waals surface area contributed by atoms with Gasteiger partial charge in [-0.2, -0.15) is 0 Å². The molecule has 38 heteroatoms. The number of unbranched alkanes of at least 4 members (excludes halogenated alkanes) is 4. The zero-order chi connectivity index (χ0) is 83.4. The number of pyridine rings is 1.